The predicted octanol–water partition coefficient (Wildman–Crippen LogP) is 4.68. The van der Waals surface area contributed by atoms with Crippen molar-refractivity contribution in [2.24, 2.45) is 0 Å². The quantitative estimate of drug-likeness (QED) is 0.449. The minimum absolute atomic E-state index is 0.0188. The van der Waals surface area contributed by atoms with E-state index >= 15 is 0 Å². The van der Waals surface area contributed by atoms with Crippen LogP contribution in [0.15, 0.2) is 60.0 Å². The Morgan fingerprint density at radius 3 is 2.50 bits per heavy atom. The van der Waals surface area contributed by atoms with Gasteiger partial charge in [-0.05, 0) is 48.2 Å². The molecule has 0 saturated heterocycles. The molecule has 32 heavy (non-hydrogen) atoms. The Labute approximate surface area is 192 Å². The molecule has 1 atom stereocenters. The lowest BCUT2D eigenvalue weighted by Gasteiger charge is -2.29. The minimum Gasteiger partial charge on any atom is -0.497 e. The van der Waals surface area contributed by atoms with Gasteiger partial charge >= 0.3 is 0 Å². The first-order chi connectivity index (χ1) is 15.5. The highest BCUT2D eigenvalue weighted by atomic mass is 32.1. The molecule has 3 rings (SSSR count). The Bertz CT molecular complexity index is 1060. The van der Waals surface area contributed by atoms with Crippen molar-refractivity contribution in [3.8, 4) is 23.3 Å². The van der Waals surface area contributed by atoms with Gasteiger partial charge in [-0.1, -0.05) is 18.2 Å². The summed E-state index contributed by atoms with van der Waals surface area (Å²) in [4.78, 5) is 16.3. The van der Waals surface area contributed by atoms with E-state index in [2.05, 4.69) is 12.1 Å². The molecule has 1 amide bonds. The number of ether oxygens (including phenoxy) is 3. The van der Waals surface area contributed by atoms with Crippen molar-refractivity contribution in [2.45, 2.75) is 25.9 Å². The van der Waals surface area contributed by atoms with Gasteiger partial charge in [0.25, 0.3) is 5.91 Å². The fourth-order valence-corrected chi connectivity index (χ4v) is 4.15. The zero-order valence-corrected chi connectivity index (χ0v) is 19.2. The second-order valence-electron chi connectivity index (χ2n) is 7.27. The smallest absolute Gasteiger partial charge is 0.261 e. The number of benzene rings is 2. The zero-order valence-electron chi connectivity index (χ0n) is 18.4. The van der Waals surface area contributed by atoms with Crippen molar-refractivity contribution in [1.29, 1.82) is 5.26 Å². The highest BCUT2D eigenvalue weighted by molar-refractivity contribution is 7.09. The lowest BCUT2D eigenvalue weighted by molar-refractivity contribution is -0.136. The predicted molar refractivity (Wildman–Crippen MR) is 124 cm³/mol. The standard InChI is InChI=1S/C25H26N2O4S/c1-18(13-22-5-4-12-32-22)27(16-19-6-9-21(29-2)10-7-19)25(28)17-31-23-11-8-20(15-26)14-24(23)30-3/h4-12,14,18H,13,16-17H2,1-3H3. The van der Waals surface area contributed by atoms with E-state index in [1.165, 1.54) is 12.0 Å². The summed E-state index contributed by atoms with van der Waals surface area (Å²) in [5.41, 5.74) is 1.47. The summed E-state index contributed by atoms with van der Waals surface area (Å²) in [5, 5.41) is 11.1. The first-order valence-electron chi connectivity index (χ1n) is 10.2. The van der Waals surface area contributed by atoms with Crippen LogP contribution in [0.4, 0.5) is 0 Å². The normalized spacial score (nSPS) is 11.3. The Morgan fingerprint density at radius 2 is 1.88 bits per heavy atom. The maximum absolute atomic E-state index is 13.2. The van der Waals surface area contributed by atoms with Gasteiger partial charge in [-0.2, -0.15) is 5.26 Å². The van der Waals surface area contributed by atoms with Crippen LogP contribution in [0.3, 0.4) is 0 Å². The molecule has 0 fully saturated rings. The number of carbonyl (C=O) groups excluding carboxylic acids is 1. The largest absolute Gasteiger partial charge is 0.497 e. The number of rotatable bonds is 10. The van der Waals surface area contributed by atoms with E-state index in [1.807, 2.05) is 47.5 Å². The molecule has 6 nitrogen and oxygen atoms in total. The van der Waals surface area contributed by atoms with Gasteiger partial charge in [-0.3, -0.25) is 4.79 Å². The van der Waals surface area contributed by atoms with Crippen LogP contribution in [0.2, 0.25) is 0 Å². The van der Waals surface area contributed by atoms with E-state index < -0.39 is 0 Å². The third-order valence-electron chi connectivity index (χ3n) is 5.08. The molecule has 0 saturated carbocycles. The highest BCUT2D eigenvalue weighted by Crippen LogP contribution is 2.28. The van der Waals surface area contributed by atoms with Crippen LogP contribution < -0.4 is 14.2 Å². The third-order valence-corrected chi connectivity index (χ3v) is 5.98. The molecule has 3 aromatic rings. The molecule has 0 bridgehead atoms. The molecule has 0 aliphatic heterocycles. The van der Waals surface area contributed by atoms with Crippen LogP contribution >= 0.6 is 11.3 Å². The summed E-state index contributed by atoms with van der Waals surface area (Å²) in [5.74, 6) is 1.49. The fourth-order valence-electron chi connectivity index (χ4n) is 3.33. The van der Waals surface area contributed by atoms with Gasteiger partial charge in [-0.25, -0.2) is 0 Å². The van der Waals surface area contributed by atoms with Gasteiger partial charge in [0.15, 0.2) is 18.1 Å². The van der Waals surface area contributed by atoms with E-state index in [-0.39, 0.29) is 18.6 Å². The van der Waals surface area contributed by atoms with Crippen molar-refractivity contribution >= 4 is 17.2 Å². The molecule has 1 heterocycles. The van der Waals surface area contributed by atoms with Crippen LogP contribution in [0.1, 0.15) is 22.9 Å². The Balaban J connectivity index is 1.75. The maximum Gasteiger partial charge on any atom is 0.261 e. The summed E-state index contributed by atoms with van der Waals surface area (Å²) in [6.07, 6.45) is 0.764. The second kappa shape index (κ2) is 11.2. The molecule has 0 aliphatic carbocycles. The molecule has 7 heteroatoms. The van der Waals surface area contributed by atoms with Crippen molar-refractivity contribution in [1.82, 2.24) is 4.90 Å². The van der Waals surface area contributed by atoms with Gasteiger partial charge in [0.2, 0.25) is 0 Å². The van der Waals surface area contributed by atoms with Crippen LogP contribution in [-0.2, 0) is 17.8 Å². The molecule has 166 valence electrons. The first kappa shape index (κ1) is 23.2. The Hall–Kier alpha value is -3.50. The molecule has 0 spiro atoms. The van der Waals surface area contributed by atoms with E-state index in [1.54, 1.807) is 36.6 Å². The molecule has 2 aromatic carbocycles. The average Bonchev–Trinajstić information content (AvgIpc) is 3.34. The molecule has 1 unspecified atom stereocenters. The number of amides is 1. The summed E-state index contributed by atoms with van der Waals surface area (Å²) >= 11 is 1.68. The lowest BCUT2D eigenvalue weighted by atomic mass is 10.1. The summed E-state index contributed by atoms with van der Waals surface area (Å²) in [6, 6.07) is 18.7. The molecular weight excluding hydrogens is 424 g/mol. The number of hydrogen-bond donors (Lipinski definition) is 0. The topological polar surface area (TPSA) is 71.8 Å². The minimum atomic E-state index is -0.132. The molecule has 0 radical (unpaired) electrons. The van der Waals surface area contributed by atoms with Crippen molar-refractivity contribution in [3.05, 3.63) is 76.0 Å². The molecule has 0 aliphatic rings. The van der Waals surface area contributed by atoms with Crippen molar-refractivity contribution in [2.75, 3.05) is 20.8 Å². The maximum atomic E-state index is 13.2. The van der Waals surface area contributed by atoms with Gasteiger partial charge < -0.3 is 19.1 Å². The van der Waals surface area contributed by atoms with Crippen molar-refractivity contribution < 1.29 is 19.0 Å². The van der Waals surface area contributed by atoms with E-state index in [0.29, 0.717) is 23.6 Å². The van der Waals surface area contributed by atoms with E-state index in [9.17, 15) is 4.79 Å². The van der Waals surface area contributed by atoms with E-state index in [4.69, 9.17) is 19.5 Å². The van der Waals surface area contributed by atoms with Crippen LogP contribution in [0.25, 0.3) is 0 Å². The monoisotopic (exact) mass is 450 g/mol. The molecule has 0 N–H and O–H groups in total. The number of carbonyl (C=O) groups is 1. The zero-order chi connectivity index (χ0) is 22.9. The Morgan fingerprint density at radius 1 is 1.09 bits per heavy atom. The lowest BCUT2D eigenvalue weighted by Crippen LogP contribution is -2.41. The van der Waals surface area contributed by atoms with Gasteiger partial charge in [0, 0.05) is 30.0 Å². The van der Waals surface area contributed by atoms with Gasteiger partial charge in [0.05, 0.1) is 25.9 Å². The summed E-state index contributed by atoms with van der Waals surface area (Å²) in [7, 11) is 3.13. The first-order valence-corrected chi connectivity index (χ1v) is 11.1. The van der Waals surface area contributed by atoms with Gasteiger partial charge in [-0.15, -0.1) is 11.3 Å². The third kappa shape index (κ3) is 6.02. The van der Waals surface area contributed by atoms with Crippen LogP contribution in [0.5, 0.6) is 17.2 Å². The average molecular weight is 451 g/mol. The van der Waals surface area contributed by atoms with Crippen molar-refractivity contribution in [3.63, 3.8) is 0 Å². The van der Waals surface area contributed by atoms with Crippen LogP contribution in [-0.4, -0.2) is 37.7 Å². The number of methoxy groups -OCH3 is 2. The van der Waals surface area contributed by atoms with E-state index in [0.717, 1.165) is 17.7 Å². The molecular formula is C25H26N2O4S. The number of hydrogen-bond acceptors (Lipinski definition) is 6. The fraction of sp³-hybridized carbons (Fsp3) is 0.280. The number of nitrogens with zero attached hydrogens (tertiary/aromatic N) is 2. The van der Waals surface area contributed by atoms with Crippen LogP contribution in [0, 0.1) is 11.3 Å². The molecule has 1 aromatic heterocycles. The Kier molecular flexibility index (Phi) is 8.12. The van der Waals surface area contributed by atoms with Gasteiger partial charge in [0.1, 0.15) is 5.75 Å². The summed E-state index contributed by atoms with van der Waals surface area (Å²) < 4.78 is 16.3. The number of thiophene rings is 1. The second-order valence-corrected chi connectivity index (χ2v) is 8.30. The summed E-state index contributed by atoms with van der Waals surface area (Å²) in [6.45, 7) is 2.37. The highest BCUT2D eigenvalue weighted by Gasteiger charge is 2.22. The number of nitriles is 1. The SMILES string of the molecule is COc1ccc(CN(C(=O)COc2ccc(C#N)cc2OC)C(C)Cc2cccs2)cc1.